The number of thiophene rings is 1. The van der Waals surface area contributed by atoms with E-state index in [4.69, 9.17) is 11.6 Å². The number of carbonyl (C=O) groups is 1. The Morgan fingerprint density at radius 1 is 1.45 bits per heavy atom. The maximum absolute atomic E-state index is 13.7. The van der Waals surface area contributed by atoms with Gasteiger partial charge >= 0.3 is 0 Å². The van der Waals surface area contributed by atoms with Crippen LogP contribution in [0, 0.1) is 5.82 Å². The fraction of sp³-hybridized carbons (Fsp3) is 0.312. The van der Waals surface area contributed by atoms with Crippen molar-refractivity contribution in [3.8, 4) is 0 Å². The zero-order valence-electron chi connectivity index (χ0n) is 11.6. The van der Waals surface area contributed by atoms with Crippen molar-refractivity contribution in [1.29, 1.82) is 0 Å². The molecule has 6 heteroatoms. The topological polar surface area (TPSA) is 29.1 Å². The fourth-order valence-electron chi connectivity index (χ4n) is 2.63. The summed E-state index contributed by atoms with van der Waals surface area (Å²) in [6.45, 7) is 3.65. The van der Waals surface area contributed by atoms with Crippen molar-refractivity contribution in [2.45, 2.75) is 30.4 Å². The Kier molecular flexibility index (Phi) is 4.19. The third kappa shape index (κ3) is 2.88. The lowest BCUT2D eigenvalue weighted by Gasteiger charge is -2.31. The lowest BCUT2D eigenvalue weighted by atomic mass is 9.89. The molecule has 3 rings (SSSR count). The van der Waals surface area contributed by atoms with Crippen molar-refractivity contribution >= 4 is 38.9 Å². The smallest absolute Gasteiger partial charge is 0.253 e. The van der Waals surface area contributed by atoms with Crippen LogP contribution in [-0.4, -0.2) is 23.5 Å². The van der Waals surface area contributed by atoms with E-state index < -0.39 is 12.2 Å². The first-order valence-electron chi connectivity index (χ1n) is 6.89. The maximum atomic E-state index is 13.7. The van der Waals surface area contributed by atoms with E-state index >= 15 is 0 Å². The minimum atomic E-state index is -1.14. The number of amides is 1. The summed E-state index contributed by atoms with van der Waals surface area (Å²) in [5, 5.41) is 4.79. The molecule has 116 valence electrons. The first-order valence-corrected chi connectivity index (χ1v) is 8.20. The van der Waals surface area contributed by atoms with E-state index in [9.17, 15) is 13.6 Å². The number of carbonyl (C=O) groups excluding carboxylic acids is 1. The number of rotatable bonds is 2. The predicted octanol–water partition coefficient (Wildman–Crippen LogP) is 4.43. The Balaban J connectivity index is 1.80. The van der Waals surface area contributed by atoms with Crippen LogP contribution < -0.4 is 5.32 Å². The van der Waals surface area contributed by atoms with E-state index in [2.05, 4.69) is 11.9 Å². The van der Waals surface area contributed by atoms with Crippen molar-refractivity contribution in [3.63, 3.8) is 0 Å². The van der Waals surface area contributed by atoms with Gasteiger partial charge in [-0.15, -0.1) is 22.9 Å². The molecule has 0 saturated heterocycles. The van der Waals surface area contributed by atoms with Gasteiger partial charge in [-0.05, 0) is 30.2 Å². The van der Waals surface area contributed by atoms with Crippen LogP contribution in [-0.2, 0) is 0 Å². The van der Waals surface area contributed by atoms with E-state index in [1.54, 1.807) is 11.4 Å². The molecule has 3 atom stereocenters. The van der Waals surface area contributed by atoms with Crippen LogP contribution in [0.1, 0.15) is 23.2 Å². The number of fused-ring (bicyclic) bond motifs is 1. The second-order valence-electron chi connectivity index (χ2n) is 5.45. The van der Waals surface area contributed by atoms with Crippen molar-refractivity contribution in [1.82, 2.24) is 5.32 Å². The van der Waals surface area contributed by atoms with Crippen LogP contribution in [0.2, 0.25) is 0 Å². The summed E-state index contributed by atoms with van der Waals surface area (Å²) in [5.74, 6) is -0.651. The lowest BCUT2D eigenvalue weighted by Crippen LogP contribution is -2.46. The molecule has 1 fully saturated rings. The largest absolute Gasteiger partial charge is 0.348 e. The molecule has 1 amide bonds. The Morgan fingerprint density at radius 2 is 2.23 bits per heavy atom. The maximum Gasteiger partial charge on any atom is 0.253 e. The van der Waals surface area contributed by atoms with Gasteiger partial charge in [-0.2, -0.15) is 0 Å². The Labute approximate surface area is 135 Å². The first kappa shape index (κ1) is 15.4. The zero-order valence-corrected chi connectivity index (χ0v) is 13.2. The number of nitrogens with one attached hydrogen (secondary N) is 1. The van der Waals surface area contributed by atoms with Gasteiger partial charge < -0.3 is 5.32 Å². The standard InChI is InChI=1S/C16H14ClF2NOS/c1-8-4-12(17)14(6-13(8)19)20-16(21)11-7-22-15-5-9(18)2-3-10(11)15/h2-3,5,7,12-14H,1,4,6H2,(H,20,21). The van der Waals surface area contributed by atoms with Gasteiger partial charge in [-0.3, -0.25) is 4.79 Å². The van der Waals surface area contributed by atoms with Crippen molar-refractivity contribution in [2.24, 2.45) is 0 Å². The molecule has 1 N–H and O–H groups in total. The molecule has 0 bridgehead atoms. The predicted molar refractivity (Wildman–Crippen MR) is 85.9 cm³/mol. The Hall–Kier alpha value is -1.46. The quantitative estimate of drug-likeness (QED) is 0.635. The molecule has 1 saturated carbocycles. The molecule has 0 aliphatic heterocycles. The number of hydrogen-bond donors (Lipinski definition) is 1. The highest BCUT2D eigenvalue weighted by Crippen LogP contribution is 2.31. The molecule has 1 heterocycles. The summed E-state index contributed by atoms with van der Waals surface area (Å²) >= 11 is 7.50. The second kappa shape index (κ2) is 5.97. The fourth-order valence-corrected chi connectivity index (χ4v) is 3.96. The van der Waals surface area contributed by atoms with Gasteiger partial charge in [-0.25, -0.2) is 8.78 Å². The average Bonchev–Trinajstić information content (AvgIpc) is 2.87. The van der Waals surface area contributed by atoms with Crippen LogP contribution >= 0.6 is 22.9 Å². The molecule has 1 aromatic carbocycles. The lowest BCUT2D eigenvalue weighted by molar-refractivity contribution is 0.0926. The normalized spacial score (nSPS) is 25.4. The minimum absolute atomic E-state index is 0.134. The third-order valence-electron chi connectivity index (χ3n) is 3.90. The average molecular weight is 342 g/mol. The molecule has 1 aliphatic carbocycles. The highest BCUT2D eigenvalue weighted by Gasteiger charge is 2.33. The minimum Gasteiger partial charge on any atom is -0.348 e. The van der Waals surface area contributed by atoms with Gasteiger partial charge in [0.05, 0.1) is 10.9 Å². The Morgan fingerprint density at radius 3 is 3.00 bits per heavy atom. The van der Waals surface area contributed by atoms with Crippen LogP contribution in [0.15, 0.2) is 35.7 Å². The highest BCUT2D eigenvalue weighted by molar-refractivity contribution is 7.17. The van der Waals surface area contributed by atoms with E-state index in [0.29, 0.717) is 27.6 Å². The molecular weight excluding hydrogens is 328 g/mol. The summed E-state index contributed by atoms with van der Waals surface area (Å²) in [6.07, 6.45) is -0.660. The van der Waals surface area contributed by atoms with Gasteiger partial charge in [0.1, 0.15) is 12.0 Å². The summed E-state index contributed by atoms with van der Waals surface area (Å²) in [5.41, 5.74) is 0.936. The van der Waals surface area contributed by atoms with Gasteiger partial charge in [0.15, 0.2) is 0 Å². The third-order valence-corrected chi connectivity index (χ3v) is 5.30. The molecule has 22 heavy (non-hydrogen) atoms. The van der Waals surface area contributed by atoms with Gasteiger partial charge in [0.25, 0.3) is 5.91 Å². The Bertz CT molecular complexity index is 745. The molecular formula is C16H14ClF2NOS. The van der Waals surface area contributed by atoms with E-state index in [-0.39, 0.29) is 23.5 Å². The monoisotopic (exact) mass is 341 g/mol. The number of hydrogen-bond acceptors (Lipinski definition) is 2. The summed E-state index contributed by atoms with van der Waals surface area (Å²) < 4.78 is 27.6. The summed E-state index contributed by atoms with van der Waals surface area (Å²) in [7, 11) is 0. The van der Waals surface area contributed by atoms with Gasteiger partial charge in [0, 0.05) is 27.9 Å². The van der Waals surface area contributed by atoms with Gasteiger partial charge in [-0.1, -0.05) is 6.58 Å². The number of benzene rings is 1. The molecule has 2 nitrogen and oxygen atoms in total. The van der Waals surface area contributed by atoms with E-state index in [1.165, 1.54) is 23.5 Å². The number of allylic oxidation sites excluding steroid dienone is 1. The van der Waals surface area contributed by atoms with E-state index in [1.807, 2.05) is 0 Å². The zero-order chi connectivity index (χ0) is 15.9. The summed E-state index contributed by atoms with van der Waals surface area (Å²) in [4.78, 5) is 12.4. The number of halogens is 3. The van der Waals surface area contributed by atoms with Crippen molar-refractivity contribution in [2.75, 3.05) is 0 Å². The first-order chi connectivity index (χ1) is 10.5. The molecule has 0 radical (unpaired) electrons. The van der Waals surface area contributed by atoms with Crippen LogP contribution in [0.4, 0.5) is 8.78 Å². The van der Waals surface area contributed by atoms with Crippen LogP contribution in [0.3, 0.4) is 0 Å². The highest BCUT2D eigenvalue weighted by atomic mass is 35.5. The molecule has 0 spiro atoms. The van der Waals surface area contributed by atoms with Crippen LogP contribution in [0.5, 0.6) is 0 Å². The van der Waals surface area contributed by atoms with Crippen LogP contribution in [0.25, 0.3) is 10.1 Å². The van der Waals surface area contributed by atoms with E-state index in [0.717, 1.165) is 0 Å². The van der Waals surface area contributed by atoms with Gasteiger partial charge in [0.2, 0.25) is 0 Å². The second-order valence-corrected chi connectivity index (χ2v) is 6.92. The van der Waals surface area contributed by atoms with Crippen molar-refractivity contribution < 1.29 is 13.6 Å². The SMILES string of the molecule is C=C1CC(Cl)C(NC(=O)c2csc3cc(F)ccc23)CC1F. The molecule has 3 unspecified atom stereocenters. The summed E-state index contributed by atoms with van der Waals surface area (Å²) in [6, 6.07) is 3.85. The molecule has 2 aromatic rings. The molecule has 1 aromatic heterocycles. The number of alkyl halides is 2. The van der Waals surface area contributed by atoms with Crippen molar-refractivity contribution in [3.05, 3.63) is 47.1 Å². The molecule has 1 aliphatic rings.